The first kappa shape index (κ1) is 22.9. The van der Waals surface area contributed by atoms with Crippen molar-refractivity contribution in [3.8, 4) is 17.1 Å². The van der Waals surface area contributed by atoms with E-state index >= 15 is 0 Å². The van der Waals surface area contributed by atoms with E-state index in [1.54, 1.807) is 18.2 Å². The second-order valence-corrected chi connectivity index (χ2v) is 7.94. The number of ether oxygens (including phenoxy) is 1. The van der Waals surface area contributed by atoms with Gasteiger partial charge >= 0.3 is 0 Å². The molecular weight excluding hydrogens is 465 g/mol. The molecule has 0 radical (unpaired) electrons. The molecule has 0 saturated heterocycles. The summed E-state index contributed by atoms with van der Waals surface area (Å²) in [5.74, 6) is 0.437. The van der Waals surface area contributed by atoms with Crippen LogP contribution >= 0.6 is 35.0 Å². The number of benzene rings is 2. The first-order valence-corrected chi connectivity index (χ1v) is 10.7. The fourth-order valence-corrected chi connectivity index (χ4v) is 4.06. The highest BCUT2D eigenvalue weighted by Crippen LogP contribution is 2.32. The first-order valence-electron chi connectivity index (χ1n) is 8.97. The molecule has 31 heavy (non-hydrogen) atoms. The Morgan fingerprint density at radius 1 is 1.26 bits per heavy atom. The van der Waals surface area contributed by atoms with Crippen LogP contribution in [0.4, 0.5) is 11.4 Å². The quantitative estimate of drug-likeness (QED) is 0.276. The smallest absolute Gasteiger partial charge is 0.296 e. The fourth-order valence-electron chi connectivity index (χ4n) is 2.76. The molecule has 2 aromatic carbocycles. The van der Waals surface area contributed by atoms with Gasteiger partial charge in [-0.2, -0.15) is 0 Å². The van der Waals surface area contributed by atoms with Crippen molar-refractivity contribution in [2.24, 2.45) is 0 Å². The largest absolute Gasteiger partial charge is 0.496 e. The Morgan fingerprint density at radius 3 is 2.68 bits per heavy atom. The maximum Gasteiger partial charge on any atom is 0.296 e. The summed E-state index contributed by atoms with van der Waals surface area (Å²) < 4.78 is 6.82. The molecule has 0 unspecified atom stereocenters. The average molecular weight is 482 g/mol. The minimum atomic E-state index is -0.582. The van der Waals surface area contributed by atoms with E-state index in [2.05, 4.69) is 15.5 Å². The van der Waals surface area contributed by atoms with Crippen LogP contribution < -0.4 is 10.1 Å². The zero-order valence-electron chi connectivity index (χ0n) is 16.5. The summed E-state index contributed by atoms with van der Waals surface area (Å²) >= 11 is 13.4. The molecule has 0 saturated carbocycles. The maximum atomic E-state index is 12.4. The second-order valence-electron chi connectivity index (χ2n) is 6.15. The monoisotopic (exact) mass is 481 g/mol. The second kappa shape index (κ2) is 9.99. The lowest BCUT2D eigenvalue weighted by Gasteiger charge is -2.09. The van der Waals surface area contributed by atoms with Gasteiger partial charge in [0.1, 0.15) is 11.4 Å². The van der Waals surface area contributed by atoms with E-state index in [1.807, 2.05) is 11.5 Å². The van der Waals surface area contributed by atoms with Crippen molar-refractivity contribution in [3.05, 3.63) is 56.6 Å². The highest BCUT2D eigenvalue weighted by Gasteiger charge is 2.19. The molecule has 0 aliphatic carbocycles. The number of halogens is 2. The highest BCUT2D eigenvalue weighted by atomic mass is 35.5. The summed E-state index contributed by atoms with van der Waals surface area (Å²) in [5, 5.41) is 23.6. The van der Waals surface area contributed by atoms with E-state index in [0.29, 0.717) is 38.9 Å². The van der Waals surface area contributed by atoms with Crippen molar-refractivity contribution >= 4 is 52.2 Å². The van der Waals surface area contributed by atoms with Gasteiger partial charge in [-0.3, -0.25) is 14.9 Å². The van der Waals surface area contributed by atoms with Gasteiger partial charge in [0.2, 0.25) is 5.91 Å². The van der Waals surface area contributed by atoms with Crippen molar-refractivity contribution in [3.63, 3.8) is 0 Å². The molecule has 0 bridgehead atoms. The lowest BCUT2D eigenvalue weighted by Crippen LogP contribution is -2.15. The lowest BCUT2D eigenvalue weighted by atomic mass is 10.2. The van der Waals surface area contributed by atoms with Gasteiger partial charge in [-0.05, 0) is 37.3 Å². The third-order valence-corrected chi connectivity index (χ3v) is 5.73. The molecule has 1 aromatic heterocycles. The minimum absolute atomic E-state index is 0.0182. The van der Waals surface area contributed by atoms with Crippen LogP contribution in [-0.2, 0) is 11.3 Å². The minimum Gasteiger partial charge on any atom is -0.496 e. The summed E-state index contributed by atoms with van der Waals surface area (Å²) in [5.41, 5.74) is 0.502. The molecule has 0 aliphatic heterocycles. The van der Waals surface area contributed by atoms with Crippen LogP contribution in [0.2, 0.25) is 10.0 Å². The Morgan fingerprint density at radius 2 is 2.03 bits per heavy atom. The molecule has 3 rings (SSSR count). The first-order chi connectivity index (χ1) is 14.8. The maximum absolute atomic E-state index is 12.4. The fraction of sp³-hybridized carbons (Fsp3) is 0.211. The van der Waals surface area contributed by atoms with Gasteiger partial charge in [0, 0.05) is 17.1 Å². The molecule has 12 heteroatoms. The number of anilines is 1. The third-order valence-electron chi connectivity index (χ3n) is 4.21. The molecule has 9 nitrogen and oxygen atoms in total. The summed E-state index contributed by atoms with van der Waals surface area (Å²) in [6, 6.07) is 9.29. The number of methoxy groups -OCH3 is 1. The van der Waals surface area contributed by atoms with Crippen molar-refractivity contribution < 1.29 is 14.5 Å². The zero-order valence-corrected chi connectivity index (χ0v) is 18.8. The van der Waals surface area contributed by atoms with E-state index in [0.717, 1.165) is 11.8 Å². The third kappa shape index (κ3) is 5.27. The van der Waals surface area contributed by atoms with E-state index in [1.165, 1.54) is 25.3 Å². The van der Waals surface area contributed by atoms with Crippen molar-refractivity contribution in [1.82, 2.24) is 14.8 Å². The van der Waals surface area contributed by atoms with E-state index in [-0.39, 0.29) is 17.1 Å². The number of hydrogen-bond donors (Lipinski definition) is 1. The molecule has 1 heterocycles. The molecule has 1 N–H and O–H groups in total. The number of nitrogens with one attached hydrogen (secondary N) is 1. The molecule has 0 spiro atoms. The topological polar surface area (TPSA) is 112 Å². The SMILES string of the molecule is CCn1c(SCC(=O)Nc2ccc(OC)cc2[N+](=O)[O-])nnc1-c1ccc(Cl)cc1Cl. The van der Waals surface area contributed by atoms with Gasteiger partial charge in [-0.15, -0.1) is 10.2 Å². The number of nitro groups is 1. The van der Waals surface area contributed by atoms with Crippen LogP contribution in [0.25, 0.3) is 11.4 Å². The van der Waals surface area contributed by atoms with Crippen LogP contribution in [0.15, 0.2) is 41.6 Å². The number of amides is 1. The summed E-state index contributed by atoms with van der Waals surface area (Å²) in [6.07, 6.45) is 0. The molecule has 0 aliphatic rings. The van der Waals surface area contributed by atoms with Crippen molar-refractivity contribution in [2.45, 2.75) is 18.6 Å². The number of aromatic nitrogens is 3. The van der Waals surface area contributed by atoms with Gasteiger partial charge in [0.25, 0.3) is 5.69 Å². The van der Waals surface area contributed by atoms with Crippen LogP contribution in [0.3, 0.4) is 0 Å². The molecule has 1 amide bonds. The number of carbonyl (C=O) groups excluding carboxylic acids is 1. The number of nitro benzene ring substituents is 1. The number of hydrogen-bond acceptors (Lipinski definition) is 7. The molecule has 162 valence electrons. The van der Waals surface area contributed by atoms with Crippen molar-refractivity contribution in [1.29, 1.82) is 0 Å². The Labute approximate surface area is 191 Å². The van der Waals surface area contributed by atoms with Crippen LogP contribution in [-0.4, -0.2) is 38.5 Å². The Hall–Kier alpha value is -2.82. The van der Waals surface area contributed by atoms with Gasteiger partial charge in [0.05, 0.1) is 28.9 Å². The van der Waals surface area contributed by atoms with Gasteiger partial charge in [-0.25, -0.2) is 0 Å². The van der Waals surface area contributed by atoms with Crippen LogP contribution in [0.1, 0.15) is 6.92 Å². The molecular formula is C19H17Cl2N5O4S. The van der Waals surface area contributed by atoms with Gasteiger partial charge in [0.15, 0.2) is 11.0 Å². The number of rotatable bonds is 8. The van der Waals surface area contributed by atoms with Crippen LogP contribution in [0.5, 0.6) is 5.75 Å². The molecule has 0 atom stereocenters. The Balaban J connectivity index is 1.74. The van der Waals surface area contributed by atoms with Gasteiger partial charge in [-0.1, -0.05) is 35.0 Å². The van der Waals surface area contributed by atoms with E-state index in [9.17, 15) is 14.9 Å². The summed E-state index contributed by atoms with van der Waals surface area (Å²) in [6.45, 7) is 2.47. The van der Waals surface area contributed by atoms with E-state index < -0.39 is 10.8 Å². The molecule has 0 fully saturated rings. The van der Waals surface area contributed by atoms with Crippen molar-refractivity contribution in [2.75, 3.05) is 18.2 Å². The average Bonchev–Trinajstić information content (AvgIpc) is 3.15. The van der Waals surface area contributed by atoms with Crippen LogP contribution in [0, 0.1) is 10.1 Å². The summed E-state index contributed by atoms with van der Waals surface area (Å²) in [7, 11) is 1.41. The molecule has 3 aromatic rings. The normalized spacial score (nSPS) is 10.7. The summed E-state index contributed by atoms with van der Waals surface area (Å²) in [4.78, 5) is 23.1. The highest BCUT2D eigenvalue weighted by molar-refractivity contribution is 7.99. The predicted molar refractivity (Wildman–Crippen MR) is 120 cm³/mol. The Kier molecular flexibility index (Phi) is 7.37. The number of thioether (sulfide) groups is 1. The standard InChI is InChI=1S/C19H17Cl2N5O4S/c1-3-25-18(13-6-4-11(20)8-14(13)21)23-24-19(25)31-10-17(27)22-15-7-5-12(30-2)9-16(15)26(28)29/h4-9H,3,10H2,1-2H3,(H,22,27). The lowest BCUT2D eigenvalue weighted by molar-refractivity contribution is -0.384. The number of carbonyl (C=O) groups is 1. The van der Waals surface area contributed by atoms with Gasteiger partial charge < -0.3 is 14.6 Å². The Bertz CT molecular complexity index is 1140. The number of nitrogens with zero attached hydrogens (tertiary/aromatic N) is 4. The predicted octanol–water partition coefficient (Wildman–Crippen LogP) is 4.92. The zero-order chi connectivity index (χ0) is 22.5. The van der Waals surface area contributed by atoms with E-state index in [4.69, 9.17) is 27.9 Å².